The normalized spacial score (nSPS) is 16.9. The van der Waals surface area contributed by atoms with Gasteiger partial charge in [0.1, 0.15) is 0 Å². The average molecular weight is 417 g/mol. The summed E-state index contributed by atoms with van der Waals surface area (Å²) in [4.78, 5) is 29.7. The van der Waals surface area contributed by atoms with E-state index in [0.717, 1.165) is 26.1 Å². The maximum absolute atomic E-state index is 13.0. The Morgan fingerprint density at radius 3 is 2.62 bits per heavy atom. The number of ketones is 1. The molecule has 0 fully saturated rings. The minimum absolute atomic E-state index is 0.0232. The van der Waals surface area contributed by atoms with E-state index in [1.807, 2.05) is 0 Å². The molecular weight excluding hydrogens is 392 g/mol. The Kier molecular flexibility index (Phi) is 6.77. The molecule has 1 amide bonds. The standard InChI is InChI=1S/C22H25ClN2O4/c1-3-24(4-2)11-7-12-25-19(15-8-5-9-16(23)14-15)18(21(27)22(25)28)20(26)17-10-6-13-29-17/h5-6,8-10,13-14,19,27H,3-4,7,11-12H2,1-2H3/t19-/m1/s1. The van der Waals surface area contributed by atoms with Crippen molar-refractivity contribution in [2.75, 3.05) is 26.2 Å². The lowest BCUT2D eigenvalue weighted by atomic mass is 9.95. The molecule has 0 aliphatic carbocycles. The fourth-order valence-corrected chi connectivity index (χ4v) is 3.88. The Morgan fingerprint density at radius 1 is 1.24 bits per heavy atom. The van der Waals surface area contributed by atoms with Gasteiger partial charge >= 0.3 is 0 Å². The first-order valence-electron chi connectivity index (χ1n) is 9.78. The number of furan rings is 1. The molecule has 0 saturated carbocycles. The van der Waals surface area contributed by atoms with Gasteiger partial charge in [0.2, 0.25) is 5.78 Å². The first-order chi connectivity index (χ1) is 14.0. The highest BCUT2D eigenvalue weighted by atomic mass is 35.5. The molecule has 2 aromatic rings. The molecule has 0 radical (unpaired) electrons. The van der Waals surface area contributed by atoms with Crippen molar-refractivity contribution < 1.29 is 19.1 Å². The van der Waals surface area contributed by atoms with Gasteiger partial charge in [0.15, 0.2) is 11.5 Å². The molecule has 0 unspecified atom stereocenters. The molecule has 1 aliphatic heterocycles. The number of nitrogens with zero attached hydrogens (tertiary/aromatic N) is 2. The molecule has 1 N–H and O–H groups in total. The Bertz CT molecular complexity index is 903. The number of benzene rings is 1. The zero-order valence-electron chi connectivity index (χ0n) is 16.6. The highest BCUT2D eigenvalue weighted by Gasteiger charge is 2.44. The number of amides is 1. The first kappa shape index (κ1) is 21.1. The van der Waals surface area contributed by atoms with Crippen LogP contribution in [-0.2, 0) is 4.79 Å². The monoisotopic (exact) mass is 416 g/mol. The number of halogens is 1. The van der Waals surface area contributed by atoms with Crippen LogP contribution in [0, 0.1) is 0 Å². The second kappa shape index (κ2) is 9.29. The lowest BCUT2D eigenvalue weighted by molar-refractivity contribution is -0.129. The molecule has 1 aromatic carbocycles. The van der Waals surface area contributed by atoms with Gasteiger partial charge < -0.3 is 19.3 Å². The van der Waals surface area contributed by atoms with Crippen LogP contribution in [0.2, 0.25) is 5.02 Å². The molecule has 154 valence electrons. The van der Waals surface area contributed by atoms with E-state index >= 15 is 0 Å². The summed E-state index contributed by atoms with van der Waals surface area (Å²) in [5, 5.41) is 11.1. The maximum atomic E-state index is 13.0. The van der Waals surface area contributed by atoms with Crippen molar-refractivity contribution in [2.24, 2.45) is 0 Å². The molecule has 0 saturated heterocycles. The van der Waals surface area contributed by atoms with E-state index in [0.29, 0.717) is 17.1 Å². The molecule has 2 heterocycles. The molecule has 29 heavy (non-hydrogen) atoms. The number of aliphatic hydroxyl groups excluding tert-OH is 1. The number of Topliss-reactive ketones (excluding diaryl/α,β-unsaturated/α-hetero) is 1. The SMILES string of the molecule is CCN(CC)CCCN1C(=O)C(O)=C(C(=O)c2ccco2)[C@H]1c1cccc(Cl)c1. The number of carbonyl (C=O) groups excluding carboxylic acids is 2. The van der Waals surface area contributed by atoms with E-state index < -0.39 is 23.5 Å². The zero-order valence-corrected chi connectivity index (χ0v) is 17.4. The minimum Gasteiger partial charge on any atom is -0.503 e. The van der Waals surface area contributed by atoms with E-state index in [9.17, 15) is 14.7 Å². The van der Waals surface area contributed by atoms with Crippen molar-refractivity contribution in [3.63, 3.8) is 0 Å². The summed E-state index contributed by atoms with van der Waals surface area (Å²) < 4.78 is 5.22. The van der Waals surface area contributed by atoms with Crippen LogP contribution in [-0.4, -0.2) is 52.8 Å². The Morgan fingerprint density at radius 2 is 2.00 bits per heavy atom. The van der Waals surface area contributed by atoms with Crippen molar-refractivity contribution in [1.82, 2.24) is 9.80 Å². The fourth-order valence-electron chi connectivity index (χ4n) is 3.68. The number of carbonyl (C=O) groups is 2. The quantitative estimate of drug-likeness (QED) is 0.619. The van der Waals surface area contributed by atoms with E-state index in [4.69, 9.17) is 16.0 Å². The van der Waals surface area contributed by atoms with E-state index in [1.54, 1.807) is 35.2 Å². The van der Waals surface area contributed by atoms with Crippen molar-refractivity contribution in [2.45, 2.75) is 26.3 Å². The van der Waals surface area contributed by atoms with E-state index in [-0.39, 0.29) is 11.3 Å². The predicted octanol–water partition coefficient (Wildman–Crippen LogP) is 4.24. The molecule has 1 atom stereocenters. The second-order valence-electron chi connectivity index (χ2n) is 6.91. The van der Waals surface area contributed by atoms with Gasteiger partial charge in [-0.1, -0.05) is 37.6 Å². The lowest BCUT2D eigenvalue weighted by Crippen LogP contribution is -2.34. The highest BCUT2D eigenvalue weighted by Crippen LogP contribution is 2.39. The Hall–Kier alpha value is -2.57. The fraction of sp³-hybridized carbons (Fsp3) is 0.364. The molecule has 1 aliphatic rings. The van der Waals surface area contributed by atoms with Crippen LogP contribution >= 0.6 is 11.6 Å². The van der Waals surface area contributed by atoms with Gasteiger partial charge in [-0.3, -0.25) is 9.59 Å². The van der Waals surface area contributed by atoms with Crippen molar-refractivity contribution in [3.05, 3.63) is 70.3 Å². The second-order valence-corrected chi connectivity index (χ2v) is 7.34. The van der Waals surface area contributed by atoms with Gasteiger partial charge in [-0.05, 0) is 55.9 Å². The number of hydrogen-bond donors (Lipinski definition) is 1. The van der Waals surface area contributed by atoms with Crippen LogP contribution in [0.25, 0.3) is 0 Å². The molecule has 1 aromatic heterocycles. The van der Waals surface area contributed by atoms with Crippen LogP contribution in [0.4, 0.5) is 0 Å². The summed E-state index contributed by atoms with van der Waals surface area (Å²) in [6, 6.07) is 9.41. The van der Waals surface area contributed by atoms with Gasteiger partial charge in [0.25, 0.3) is 5.91 Å². The summed E-state index contributed by atoms with van der Waals surface area (Å²) in [6.07, 6.45) is 2.11. The third kappa shape index (κ3) is 4.38. The first-order valence-corrected chi connectivity index (χ1v) is 10.2. The number of rotatable bonds is 9. The van der Waals surface area contributed by atoms with Crippen molar-refractivity contribution in [1.29, 1.82) is 0 Å². The minimum atomic E-state index is -0.712. The molecule has 3 rings (SSSR count). The Labute approximate surface area is 175 Å². The Balaban J connectivity index is 1.94. The molecular formula is C22H25ClN2O4. The predicted molar refractivity (Wildman–Crippen MR) is 111 cm³/mol. The molecule has 0 spiro atoms. The maximum Gasteiger partial charge on any atom is 0.290 e. The van der Waals surface area contributed by atoms with E-state index in [2.05, 4.69) is 18.7 Å². The number of hydrogen-bond acceptors (Lipinski definition) is 5. The summed E-state index contributed by atoms with van der Waals surface area (Å²) in [5.41, 5.74) is 0.697. The average Bonchev–Trinajstić information content (AvgIpc) is 3.33. The summed E-state index contributed by atoms with van der Waals surface area (Å²) in [7, 11) is 0. The van der Waals surface area contributed by atoms with Gasteiger partial charge in [0.05, 0.1) is 17.9 Å². The van der Waals surface area contributed by atoms with Crippen molar-refractivity contribution in [3.8, 4) is 0 Å². The largest absolute Gasteiger partial charge is 0.503 e. The summed E-state index contributed by atoms with van der Waals surface area (Å²) in [6.45, 7) is 7.26. The molecule has 0 bridgehead atoms. The third-order valence-corrected chi connectivity index (χ3v) is 5.46. The van der Waals surface area contributed by atoms with Gasteiger partial charge in [-0.2, -0.15) is 0 Å². The van der Waals surface area contributed by atoms with Crippen molar-refractivity contribution >= 4 is 23.3 Å². The topological polar surface area (TPSA) is 74.0 Å². The smallest absolute Gasteiger partial charge is 0.290 e. The van der Waals surface area contributed by atoms with Crippen LogP contribution in [0.5, 0.6) is 0 Å². The van der Waals surface area contributed by atoms with Gasteiger partial charge in [-0.15, -0.1) is 0 Å². The van der Waals surface area contributed by atoms with Gasteiger partial charge in [-0.25, -0.2) is 0 Å². The number of aliphatic hydroxyl groups is 1. The van der Waals surface area contributed by atoms with Crippen LogP contribution in [0.15, 0.2) is 58.4 Å². The zero-order chi connectivity index (χ0) is 21.0. The highest BCUT2D eigenvalue weighted by molar-refractivity contribution is 6.30. The summed E-state index contributed by atoms with van der Waals surface area (Å²) in [5.74, 6) is -1.50. The summed E-state index contributed by atoms with van der Waals surface area (Å²) >= 11 is 6.16. The van der Waals surface area contributed by atoms with Gasteiger partial charge in [0, 0.05) is 11.6 Å². The van der Waals surface area contributed by atoms with Crippen LogP contribution in [0.3, 0.4) is 0 Å². The van der Waals surface area contributed by atoms with Crippen LogP contribution in [0.1, 0.15) is 42.4 Å². The molecule has 6 nitrogen and oxygen atoms in total. The van der Waals surface area contributed by atoms with E-state index in [1.165, 1.54) is 12.3 Å². The van der Waals surface area contributed by atoms with Crippen LogP contribution < -0.4 is 0 Å². The lowest BCUT2D eigenvalue weighted by Gasteiger charge is -2.28. The third-order valence-electron chi connectivity index (χ3n) is 5.23. The molecule has 7 heteroatoms.